The lowest BCUT2D eigenvalue weighted by Crippen LogP contribution is -2.25. The Morgan fingerprint density at radius 2 is 2.12 bits per heavy atom. The van der Waals surface area contributed by atoms with E-state index in [0.29, 0.717) is 23.7 Å². The summed E-state index contributed by atoms with van der Waals surface area (Å²) in [6.45, 7) is 3.50. The minimum atomic E-state index is -0.561. The summed E-state index contributed by atoms with van der Waals surface area (Å²) in [7, 11) is 0. The third kappa shape index (κ3) is 4.13. The Bertz CT molecular complexity index is 1340. The molecule has 0 saturated heterocycles. The summed E-state index contributed by atoms with van der Waals surface area (Å²) in [5.74, 6) is 0.893. The molecular weight excluding hydrogens is 426 g/mol. The van der Waals surface area contributed by atoms with Gasteiger partial charge in [0.05, 0.1) is 17.8 Å². The number of rotatable bonds is 5. The maximum absolute atomic E-state index is 12.8. The second-order valence-corrected chi connectivity index (χ2v) is 7.36. The van der Waals surface area contributed by atoms with E-state index in [0.717, 1.165) is 29.6 Å². The van der Waals surface area contributed by atoms with Crippen LogP contribution >= 0.6 is 0 Å². The van der Waals surface area contributed by atoms with Crippen molar-refractivity contribution in [2.24, 2.45) is 0 Å². The average molecular weight is 447 g/mol. The topological polar surface area (TPSA) is 136 Å². The number of hydrogen-bond donors (Lipinski definition) is 3. The van der Waals surface area contributed by atoms with E-state index in [-0.39, 0.29) is 18.1 Å². The van der Waals surface area contributed by atoms with Crippen LogP contribution in [-0.4, -0.2) is 49.9 Å². The van der Waals surface area contributed by atoms with Gasteiger partial charge in [0.15, 0.2) is 5.69 Å². The maximum atomic E-state index is 12.8. The molecule has 1 amide bonds. The Labute approximate surface area is 188 Å². The average Bonchev–Trinajstić information content (AvgIpc) is 3.46. The summed E-state index contributed by atoms with van der Waals surface area (Å²) < 4.78 is 12.4. The van der Waals surface area contributed by atoms with Crippen LogP contribution in [0.5, 0.6) is 11.6 Å². The number of hydrogen-bond acceptors (Lipinski definition) is 8. The van der Waals surface area contributed by atoms with Crippen molar-refractivity contribution in [2.75, 3.05) is 18.5 Å². The van der Waals surface area contributed by atoms with E-state index in [1.807, 2.05) is 12.1 Å². The number of carbonyl (C=O) groups excluding carboxylic acids is 2. The molecule has 5 rings (SSSR count). The van der Waals surface area contributed by atoms with Crippen LogP contribution in [0.2, 0.25) is 0 Å². The van der Waals surface area contributed by atoms with Crippen LogP contribution in [0.4, 0.5) is 10.6 Å². The number of nitrogens with zero attached hydrogens (tertiary/aromatic N) is 4. The number of amides is 1. The van der Waals surface area contributed by atoms with Gasteiger partial charge in [-0.3, -0.25) is 15.0 Å². The molecule has 0 bridgehead atoms. The van der Waals surface area contributed by atoms with Gasteiger partial charge in [0, 0.05) is 29.8 Å². The van der Waals surface area contributed by atoms with Crippen LogP contribution < -0.4 is 15.4 Å². The van der Waals surface area contributed by atoms with E-state index in [1.54, 1.807) is 25.3 Å². The van der Waals surface area contributed by atoms with Gasteiger partial charge in [0.1, 0.15) is 17.9 Å². The van der Waals surface area contributed by atoms with Gasteiger partial charge in [-0.1, -0.05) is 0 Å². The fraction of sp³-hybridized carbons (Fsp3) is 0.227. The number of anilines is 1. The summed E-state index contributed by atoms with van der Waals surface area (Å²) in [5, 5.41) is 13.3. The van der Waals surface area contributed by atoms with E-state index >= 15 is 0 Å². The quantitative estimate of drug-likeness (QED) is 0.397. The number of benzene rings is 1. The molecule has 3 N–H and O–H groups in total. The number of aromatic nitrogens is 5. The number of ether oxygens (including phenoxy) is 2. The first kappa shape index (κ1) is 20.6. The van der Waals surface area contributed by atoms with Crippen molar-refractivity contribution < 1.29 is 19.1 Å². The van der Waals surface area contributed by atoms with Gasteiger partial charge in [-0.15, -0.1) is 0 Å². The Hall–Kier alpha value is -4.25. The summed E-state index contributed by atoms with van der Waals surface area (Å²) in [6.07, 6.45) is 3.96. The molecule has 0 aliphatic carbocycles. The van der Waals surface area contributed by atoms with Crippen LogP contribution in [0.25, 0.3) is 10.9 Å². The number of carbonyl (C=O) groups is 2. The van der Waals surface area contributed by atoms with Crippen molar-refractivity contribution in [3.05, 3.63) is 59.8 Å². The third-order valence-corrected chi connectivity index (χ3v) is 5.24. The predicted molar refractivity (Wildman–Crippen MR) is 118 cm³/mol. The molecule has 3 aromatic heterocycles. The van der Waals surface area contributed by atoms with E-state index < -0.39 is 12.0 Å². The number of fused-ring (bicyclic) bond motifs is 2. The van der Waals surface area contributed by atoms with E-state index in [2.05, 4.69) is 30.8 Å². The minimum Gasteiger partial charge on any atom is -0.461 e. The Morgan fingerprint density at radius 1 is 1.21 bits per heavy atom. The monoisotopic (exact) mass is 447 g/mol. The Kier molecular flexibility index (Phi) is 5.45. The van der Waals surface area contributed by atoms with Crippen LogP contribution in [0, 0.1) is 0 Å². The van der Waals surface area contributed by atoms with Crippen molar-refractivity contribution in [1.29, 1.82) is 0 Å². The van der Waals surface area contributed by atoms with Crippen LogP contribution in [-0.2, 0) is 17.7 Å². The first-order chi connectivity index (χ1) is 16.1. The molecule has 1 aromatic carbocycles. The first-order valence-electron chi connectivity index (χ1n) is 10.5. The molecule has 0 saturated carbocycles. The highest BCUT2D eigenvalue weighted by molar-refractivity contribution is 5.99. The largest absolute Gasteiger partial charge is 0.461 e. The van der Waals surface area contributed by atoms with Crippen LogP contribution in [0.1, 0.15) is 28.7 Å². The zero-order chi connectivity index (χ0) is 22.8. The van der Waals surface area contributed by atoms with Crippen molar-refractivity contribution in [1.82, 2.24) is 30.0 Å². The van der Waals surface area contributed by atoms with Gasteiger partial charge in [-0.25, -0.2) is 19.6 Å². The Morgan fingerprint density at radius 3 is 3.00 bits per heavy atom. The van der Waals surface area contributed by atoms with Crippen molar-refractivity contribution in [3.8, 4) is 11.6 Å². The molecule has 168 valence electrons. The second kappa shape index (κ2) is 8.71. The van der Waals surface area contributed by atoms with E-state index in [9.17, 15) is 9.59 Å². The number of aromatic amines is 1. The molecule has 0 fully saturated rings. The molecule has 33 heavy (non-hydrogen) atoms. The molecule has 4 heterocycles. The third-order valence-electron chi connectivity index (χ3n) is 5.24. The molecular formula is C22H21N7O4. The van der Waals surface area contributed by atoms with Crippen LogP contribution in [0.3, 0.4) is 0 Å². The summed E-state index contributed by atoms with van der Waals surface area (Å²) in [6, 6.07) is 8.27. The molecule has 4 aromatic rings. The maximum Gasteiger partial charge on any atom is 0.358 e. The normalized spacial score (nSPS) is 12.9. The molecule has 0 atom stereocenters. The lowest BCUT2D eigenvalue weighted by Gasteiger charge is -2.18. The highest BCUT2D eigenvalue weighted by Gasteiger charge is 2.18. The van der Waals surface area contributed by atoms with Gasteiger partial charge in [0.25, 0.3) is 0 Å². The predicted octanol–water partition coefficient (Wildman–Crippen LogP) is 2.85. The molecule has 11 nitrogen and oxygen atoms in total. The van der Waals surface area contributed by atoms with Gasteiger partial charge in [0.2, 0.25) is 5.88 Å². The second-order valence-electron chi connectivity index (χ2n) is 7.36. The molecule has 0 spiro atoms. The van der Waals surface area contributed by atoms with E-state index in [4.69, 9.17) is 9.47 Å². The SMILES string of the molecule is CCOC(=O)c1cc(NC(=O)n2ccc3cc(Oc4ncnc5c4CCNC5)ccc32)[nH]n1. The zero-order valence-corrected chi connectivity index (χ0v) is 17.8. The molecule has 0 radical (unpaired) electrons. The molecule has 1 aliphatic heterocycles. The molecule has 1 aliphatic rings. The summed E-state index contributed by atoms with van der Waals surface area (Å²) >= 11 is 0. The van der Waals surface area contributed by atoms with Gasteiger partial charge in [-0.2, -0.15) is 5.10 Å². The number of H-pyrrole nitrogens is 1. The van der Waals surface area contributed by atoms with Crippen molar-refractivity contribution in [3.63, 3.8) is 0 Å². The summed E-state index contributed by atoms with van der Waals surface area (Å²) in [4.78, 5) is 33.1. The fourth-order valence-corrected chi connectivity index (χ4v) is 3.69. The van der Waals surface area contributed by atoms with Gasteiger partial charge >= 0.3 is 12.0 Å². The van der Waals surface area contributed by atoms with Gasteiger partial charge < -0.3 is 14.8 Å². The lowest BCUT2D eigenvalue weighted by atomic mass is 10.1. The van der Waals surface area contributed by atoms with Crippen LogP contribution in [0.15, 0.2) is 42.9 Å². The summed E-state index contributed by atoms with van der Waals surface area (Å²) in [5.41, 5.74) is 2.74. The Balaban J connectivity index is 1.33. The van der Waals surface area contributed by atoms with Crippen molar-refractivity contribution in [2.45, 2.75) is 19.9 Å². The van der Waals surface area contributed by atoms with E-state index in [1.165, 1.54) is 17.0 Å². The van der Waals surface area contributed by atoms with Crippen molar-refractivity contribution >= 4 is 28.7 Å². The number of esters is 1. The molecule has 11 heteroatoms. The smallest absolute Gasteiger partial charge is 0.358 e. The van der Waals surface area contributed by atoms with Gasteiger partial charge in [-0.05, 0) is 44.2 Å². The lowest BCUT2D eigenvalue weighted by molar-refractivity contribution is 0.0519. The molecule has 0 unspecified atom stereocenters. The highest BCUT2D eigenvalue weighted by Crippen LogP contribution is 2.29. The fourth-order valence-electron chi connectivity index (χ4n) is 3.69. The highest BCUT2D eigenvalue weighted by atomic mass is 16.5. The first-order valence-corrected chi connectivity index (χ1v) is 10.5. The number of nitrogens with one attached hydrogen (secondary N) is 3. The minimum absolute atomic E-state index is 0.0917. The standard InChI is InChI=1S/C22H21N7O4/c1-2-32-21(30)16-10-19(28-27-16)26-22(31)29-8-6-13-9-14(3-4-18(13)29)33-20-15-5-7-23-11-17(15)24-12-25-20/h3-4,6,8-10,12,23H,2,5,7,11H2,1H3,(H2,26,27,28,31). The zero-order valence-electron chi connectivity index (χ0n) is 17.8.